The van der Waals surface area contributed by atoms with Crippen LogP contribution < -0.4 is 11.1 Å². The molecule has 4 heterocycles. The number of hydrogen-bond donors (Lipinski definition) is 0. The van der Waals surface area contributed by atoms with E-state index in [1.807, 2.05) is 48.7 Å². The summed E-state index contributed by atoms with van der Waals surface area (Å²) in [6.45, 7) is 1.89. The van der Waals surface area contributed by atoms with Crippen LogP contribution in [0.5, 0.6) is 0 Å². The molecule has 6 nitrogen and oxygen atoms in total. The van der Waals surface area contributed by atoms with E-state index in [0.29, 0.717) is 27.0 Å². The molecule has 0 atom stereocenters. The molecule has 0 aliphatic heterocycles. The first-order valence-corrected chi connectivity index (χ1v) is 11.8. The zero-order valence-electron chi connectivity index (χ0n) is 16.2. The minimum Gasteiger partial charge on any atom is -0.290 e. The lowest BCUT2D eigenvalue weighted by molar-refractivity contribution is 0.727. The molecule has 0 radical (unpaired) electrons. The predicted octanol–water partition coefficient (Wildman–Crippen LogP) is 4.33. The van der Waals surface area contributed by atoms with Crippen LogP contribution >= 0.6 is 34.4 Å². The second-order valence-electron chi connectivity index (χ2n) is 6.82. The van der Waals surface area contributed by atoms with Crippen LogP contribution in [-0.4, -0.2) is 18.9 Å². The molecule has 30 heavy (non-hydrogen) atoms. The van der Waals surface area contributed by atoms with Gasteiger partial charge in [-0.25, -0.2) is 9.97 Å². The van der Waals surface area contributed by atoms with Gasteiger partial charge in [0.05, 0.1) is 11.1 Å². The molecule has 4 aromatic heterocycles. The fourth-order valence-corrected chi connectivity index (χ4v) is 6.07. The zero-order valence-corrected chi connectivity index (χ0v) is 18.6. The van der Waals surface area contributed by atoms with E-state index < -0.39 is 0 Å². The highest BCUT2D eigenvalue weighted by Gasteiger charge is 2.14. The summed E-state index contributed by atoms with van der Waals surface area (Å²) < 4.78 is 3.17. The van der Waals surface area contributed by atoms with E-state index in [9.17, 15) is 9.59 Å². The Labute approximate surface area is 183 Å². The van der Waals surface area contributed by atoms with Crippen molar-refractivity contribution in [3.8, 4) is 10.4 Å². The Morgan fingerprint density at radius 1 is 1.10 bits per heavy atom. The van der Waals surface area contributed by atoms with Gasteiger partial charge in [0.25, 0.3) is 11.1 Å². The molecule has 0 amide bonds. The van der Waals surface area contributed by atoms with Crippen LogP contribution in [0, 0.1) is 6.92 Å². The molecule has 5 rings (SSSR count). The Bertz CT molecular complexity index is 1510. The maximum atomic E-state index is 12.9. The van der Waals surface area contributed by atoms with E-state index in [-0.39, 0.29) is 11.1 Å². The van der Waals surface area contributed by atoms with E-state index in [4.69, 9.17) is 4.98 Å². The summed E-state index contributed by atoms with van der Waals surface area (Å²) in [6, 6.07) is 13.4. The first-order chi connectivity index (χ1) is 14.5. The molecule has 1 aromatic carbocycles. The molecule has 0 aliphatic rings. The summed E-state index contributed by atoms with van der Waals surface area (Å²) in [5.74, 6) is 0.464. The number of nitrogens with zero attached hydrogens (tertiary/aromatic N) is 4. The number of thiazole rings is 1. The fourth-order valence-electron chi connectivity index (χ4n) is 3.23. The lowest BCUT2D eigenvalue weighted by atomic mass is 10.2. The van der Waals surface area contributed by atoms with Crippen molar-refractivity contribution < 1.29 is 0 Å². The molecule has 150 valence electrons. The number of hydrogen-bond acceptors (Lipinski definition) is 7. The number of thioether (sulfide) groups is 1. The summed E-state index contributed by atoms with van der Waals surface area (Å²) >= 11 is 4.37. The highest BCUT2D eigenvalue weighted by Crippen LogP contribution is 2.32. The average Bonchev–Trinajstić information content (AvgIpc) is 3.34. The third kappa shape index (κ3) is 3.28. The molecule has 0 spiro atoms. The molecule has 5 aromatic rings. The van der Waals surface area contributed by atoms with Crippen LogP contribution in [0.1, 0.15) is 11.4 Å². The Morgan fingerprint density at radius 3 is 2.70 bits per heavy atom. The van der Waals surface area contributed by atoms with E-state index in [1.165, 1.54) is 34.4 Å². The van der Waals surface area contributed by atoms with E-state index in [0.717, 1.165) is 21.0 Å². The van der Waals surface area contributed by atoms with Crippen molar-refractivity contribution in [2.75, 3.05) is 0 Å². The second kappa shape index (κ2) is 7.50. The number of aromatic nitrogens is 4. The largest absolute Gasteiger partial charge is 0.290 e. The van der Waals surface area contributed by atoms with Crippen LogP contribution in [-0.2, 0) is 12.8 Å². The summed E-state index contributed by atoms with van der Waals surface area (Å²) in [6.07, 6.45) is 0. The standard InChI is InChI=1S/C21H16N4O2S3/c1-12-10-28-21-22-14(8-17(26)25(12)21)11-29-20-23-18-15(19(27)24(20)2)9-16(30-18)13-6-4-3-5-7-13/h3-10H,11H2,1-2H3. The molecular weight excluding hydrogens is 436 g/mol. The molecule has 9 heteroatoms. The van der Waals surface area contributed by atoms with Crippen molar-refractivity contribution in [1.82, 2.24) is 18.9 Å². The van der Waals surface area contributed by atoms with Gasteiger partial charge < -0.3 is 0 Å². The van der Waals surface area contributed by atoms with Crippen LogP contribution in [0.25, 0.3) is 25.6 Å². The fraction of sp³-hybridized carbons (Fsp3) is 0.143. The Hall–Kier alpha value is -2.75. The molecule has 0 saturated heterocycles. The van der Waals surface area contributed by atoms with Gasteiger partial charge >= 0.3 is 0 Å². The van der Waals surface area contributed by atoms with Gasteiger partial charge in [-0.2, -0.15) is 0 Å². The quantitative estimate of drug-likeness (QED) is 0.300. The molecule has 0 unspecified atom stereocenters. The van der Waals surface area contributed by atoms with Gasteiger partial charge in [-0.3, -0.25) is 18.6 Å². The Kier molecular flexibility index (Phi) is 4.80. The van der Waals surface area contributed by atoms with Crippen molar-refractivity contribution in [2.45, 2.75) is 17.8 Å². The third-order valence-corrected chi connectivity index (χ3v) is 7.85. The molecule has 0 N–H and O–H groups in total. The van der Waals surface area contributed by atoms with Crippen LogP contribution in [0.4, 0.5) is 0 Å². The topological polar surface area (TPSA) is 69.3 Å². The highest BCUT2D eigenvalue weighted by molar-refractivity contribution is 7.98. The first kappa shape index (κ1) is 19.2. The molecule has 0 saturated carbocycles. The van der Waals surface area contributed by atoms with Crippen molar-refractivity contribution >= 4 is 49.6 Å². The van der Waals surface area contributed by atoms with E-state index in [1.54, 1.807) is 22.1 Å². The summed E-state index contributed by atoms with van der Waals surface area (Å²) in [5.41, 5.74) is 2.47. The number of fused-ring (bicyclic) bond motifs is 2. The Balaban J connectivity index is 1.49. The van der Waals surface area contributed by atoms with Gasteiger partial charge in [0.1, 0.15) is 4.83 Å². The third-order valence-electron chi connectivity index (χ3n) is 4.77. The second-order valence-corrected chi connectivity index (χ2v) is 9.63. The maximum absolute atomic E-state index is 12.9. The SMILES string of the molecule is Cc1csc2nc(CSc3nc4sc(-c5ccccc5)cc4c(=O)n3C)cc(=O)n12. The summed E-state index contributed by atoms with van der Waals surface area (Å²) in [5, 5.41) is 3.15. The van der Waals surface area contributed by atoms with Gasteiger partial charge in [0, 0.05) is 34.8 Å². The number of aryl methyl sites for hydroxylation is 1. The van der Waals surface area contributed by atoms with Crippen molar-refractivity contribution in [3.63, 3.8) is 0 Å². The van der Waals surface area contributed by atoms with Crippen LogP contribution in [0.15, 0.2) is 62.6 Å². The molecule has 0 aliphatic carbocycles. The molecule has 0 fully saturated rings. The van der Waals surface area contributed by atoms with Gasteiger partial charge in [-0.15, -0.1) is 22.7 Å². The molecular formula is C21H16N4O2S3. The molecule has 0 bridgehead atoms. The monoisotopic (exact) mass is 452 g/mol. The number of benzene rings is 1. The summed E-state index contributed by atoms with van der Waals surface area (Å²) in [4.78, 5) is 37.0. The Morgan fingerprint density at radius 2 is 1.90 bits per heavy atom. The van der Waals surface area contributed by atoms with Crippen LogP contribution in [0.3, 0.4) is 0 Å². The van der Waals surface area contributed by atoms with Gasteiger partial charge in [0.15, 0.2) is 10.1 Å². The van der Waals surface area contributed by atoms with Crippen molar-refractivity contribution in [3.05, 3.63) is 79.9 Å². The normalized spacial score (nSPS) is 11.5. The average molecular weight is 453 g/mol. The number of thiophene rings is 1. The summed E-state index contributed by atoms with van der Waals surface area (Å²) in [7, 11) is 1.73. The lowest BCUT2D eigenvalue weighted by Gasteiger charge is -2.06. The van der Waals surface area contributed by atoms with E-state index in [2.05, 4.69) is 4.98 Å². The van der Waals surface area contributed by atoms with Crippen molar-refractivity contribution in [2.24, 2.45) is 7.05 Å². The lowest BCUT2D eigenvalue weighted by Crippen LogP contribution is -2.19. The number of rotatable bonds is 4. The first-order valence-electron chi connectivity index (χ1n) is 9.17. The van der Waals surface area contributed by atoms with E-state index >= 15 is 0 Å². The highest BCUT2D eigenvalue weighted by atomic mass is 32.2. The van der Waals surface area contributed by atoms with Gasteiger partial charge in [-0.1, -0.05) is 42.1 Å². The minimum atomic E-state index is -0.0857. The minimum absolute atomic E-state index is 0.0710. The van der Waals surface area contributed by atoms with Gasteiger partial charge in [-0.05, 0) is 18.6 Å². The van der Waals surface area contributed by atoms with Crippen molar-refractivity contribution in [1.29, 1.82) is 0 Å². The maximum Gasteiger partial charge on any atom is 0.262 e. The smallest absolute Gasteiger partial charge is 0.262 e. The zero-order chi connectivity index (χ0) is 20.8. The predicted molar refractivity (Wildman–Crippen MR) is 124 cm³/mol. The van der Waals surface area contributed by atoms with Crippen LogP contribution in [0.2, 0.25) is 0 Å². The van der Waals surface area contributed by atoms with Gasteiger partial charge in [0.2, 0.25) is 0 Å².